The molecule has 3 heterocycles. The summed E-state index contributed by atoms with van der Waals surface area (Å²) >= 11 is 0. The lowest BCUT2D eigenvalue weighted by Crippen LogP contribution is -2.53. The van der Waals surface area contributed by atoms with Gasteiger partial charge in [0.15, 0.2) is 5.82 Å². The van der Waals surface area contributed by atoms with Crippen LogP contribution in [0.4, 0.5) is 4.79 Å². The smallest absolute Gasteiger partial charge is 0.410 e. The van der Waals surface area contributed by atoms with Gasteiger partial charge in [0.25, 0.3) is 0 Å². The quantitative estimate of drug-likeness (QED) is 0.816. The van der Waals surface area contributed by atoms with Gasteiger partial charge < -0.3 is 9.64 Å². The van der Waals surface area contributed by atoms with Crippen LogP contribution in [0.2, 0.25) is 0 Å². The van der Waals surface area contributed by atoms with Gasteiger partial charge in [0.2, 0.25) is 0 Å². The fourth-order valence-electron chi connectivity index (χ4n) is 3.06. The average Bonchev–Trinajstić information content (AvgIpc) is 3.04. The molecule has 0 radical (unpaired) electrons. The highest BCUT2D eigenvalue weighted by Crippen LogP contribution is 2.31. The van der Waals surface area contributed by atoms with E-state index in [4.69, 9.17) is 4.74 Å². The van der Waals surface area contributed by atoms with Gasteiger partial charge in [0.05, 0.1) is 0 Å². The summed E-state index contributed by atoms with van der Waals surface area (Å²) in [6, 6.07) is 0.356. The summed E-state index contributed by atoms with van der Waals surface area (Å²) in [5.41, 5.74) is -0.447. The number of fused-ring (bicyclic) bond motifs is 1. The lowest BCUT2D eigenvalue weighted by molar-refractivity contribution is 0.00925. The number of ether oxygens (including phenoxy) is 1. The largest absolute Gasteiger partial charge is 0.444 e. The third kappa shape index (κ3) is 3.15. The molecule has 21 heavy (non-hydrogen) atoms. The number of nitrogens with zero attached hydrogens (tertiary/aromatic N) is 5. The molecule has 0 unspecified atom stereocenters. The number of hydrogen-bond acceptors (Lipinski definition) is 6. The Labute approximate surface area is 123 Å². The minimum absolute atomic E-state index is 0.217. The number of tetrazole rings is 1. The zero-order chi connectivity index (χ0) is 15.0. The van der Waals surface area contributed by atoms with Crippen molar-refractivity contribution in [3.05, 3.63) is 5.82 Å². The van der Waals surface area contributed by atoms with E-state index in [9.17, 15) is 4.79 Å². The lowest BCUT2D eigenvalue weighted by atomic mass is 10.0. The van der Waals surface area contributed by atoms with Gasteiger partial charge in [-0.15, -0.1) is 10.2 Å². The summed E-state index contributed by atoms with van der Waals surface area (Å²) in [7, 11) is 0. The Bertz CT molecular complexity index is 497. The molecule has 0 aromatic carbocycles. The standard InChI is InChI=1S/C13H22N6O2/c1-13(2,3)21-12(20)19-5-4-18-7-9(6-10(18)8-19)11-14-16-17-15-11/h9-10H,4-8H2,1-3H3,(H,14,15,16,17)/t9-,10+/m1/s1. The molecule has 1 N–H and O–H groups in total. The molecular formula is C13H22N6O2. The predicted molar refractivity (Wildman–Crippen MR) is 74.7 cm³/mol. The number of carbonyl (C=O) groups excluding carboxylic acids is 1. The number of hydrogen-bond donors (Lipinski definition) is 1. The van der Waals surface area contributed by atoms with Crippen molar-refractivity contribution in [2.24, 2.45) is 0 Å². The Morgan fingerprint density at radius 2 is 2.14 bits per heavy atom. The zero-order valence-corrected chi connectivity index (χ0v) is 12.7. The van der Waals surface area contributed by atoms with E-state index in [1.807, 2.05) is 25.7 Å². The molecular weight excluding hydrogens is 272 g/mol. The van der Waals surface area contributed by atoms with Crippen LogP contribution in [0.3, 0.4) is 0 Å². The van der Waals surface area contributed by atoms with E-state index in [0.717, 1.165) is 25.3 Å². The Kier molecular flexibility index (Phi) is 3.56. The van der Waals surface area contributed by atoms with E-state index < -0.39 is 5.60 Å². The number of amides is 1. The molecule has 3 rings (SSSR count). The molecule has 116 valence electrons. The molecule has 2 fully saturated rings. The lowest BCUT2D eigenvalue weighted by Gasteiger charge is -2.37. The number of nitrogens with one attached hydrogen (secondary N) is 1. The van der Waals surface area contributed by atoms with Gasteiger partial charge in [0, 0.05) is 38.1 Å². The molecule has 8 heteroatoms. The van der Waals surface area contributed by atoms with E-state index in [2.05, 4.69) is 25.5 Å². The maximum atomic E-state index is 12.2. The van der Waals surface area contributed by atoms with Gasteiger partial charge >= 0.3 is 6.09 Å². The van der Waals surface area contributed by atoms with Crippen LogP contribution in [0.15, 0.2) is 0 Å². The second-order valence-corrected chi connectivity index (χ2v) is 6.78. The third-order valence-electron chi connectivity index (χ3n) is 3.99. The van der Waals surface area contributed by atoms with Crippen molar-refractivity contribution in [1.82, 2.24) is 30.4 Å². The average molecular weight is 294 g/mol. The van der Waals surface area contributed by atoms with E-state index in [1.54, 1.807) is 0 Å². The molecule has 0 bridgehead atoms. The van der Waals surface area contributed by atoms with Crippen molar-refractivity contribution in [1.29, 1.82) is 0 Å². The molecule has 1 aromatic heterocycles. The van der Waals surface area contributed by atoms with E-state index in [0.29, 0.717) is 25.0 Å². The van der Waals surface area contributed by atoms with Crippen molar-refractivity contribution in [3.8, 4) is 0 Å². The van der Waals surface area contributed by atoms with Crippen LogP contribution in [-0.2, 0) is 4.74 Å². The summed E-state index contributed by atoms with van der Waals surface area (Å²) in [6.45, 7) is 8.91. The van der Waals surface area contributed by atoms with Crippen molar-refractivity contribution in [2.75, 3.05) is 26.2 Å². The van der Waals surface area contributed by atoms with E-state index >= 15 is 0 Å². The summed E-state index contributed by atoms with van der Waals surface area (Å²) < 4.78 is 5.45. The van der Waals surface area contributed by atoms with E-state index in [-0.39, 0.29) is 6.09 Å². The molecule has 0 spiro atoms. The molecule has 2 aliphatic rings. The monoisotopic (exact) mass is 294 g/mol. The minimum atomic E-state index is -0.447. The number of H-pyrrole nitrogens is 1. The second kappa shape index (κ2) is 5.25. The first-order valence-electron chi connectivity index (χ1n) is 7.38. The number of aromatic amines is 1. The van der Waals surface area contributed by atoms with Crippen molar-refractivity contribution in [2.45, 2.75) is 44.8 Å². The SMILES string of the molecule is CC(C)(C)OC(=O)N1CCN2C[C@H](c3nn[nH]n3)C[C@H]2C1. The molecule has 2 aliphatic heterocycles. The summed E-state index contributed by atoms with van der Waals surface area (Å²) in [6.07, 6.45) is 0.740. The molecule has 1 aromatic rings. The van der Waals surface area contributed by atoms with Crippen LogP contribution < -0.4 is 0 Å². The summed E-state index contributed by atoms with van der Waals surface area (Å²) in [5, 5.41) is 14.3. The first-order chi connectivity index (χ1) is 9.92. The van der Waals surface area contributed by atoms with Crippen LogP contribution in [-0.4, -0.2) is 74.3 Å². The van der Waals surface area contributed by atoms with Crippen molar-refractivity contribution < 1.29 is 9.53 Å². The molecule has 0 aliphatic carbocycles. The van der Waals surface area contributed by atoms with Crippen LogP contribution in [0.25, 0.3) is 0 Å². The third-order valence-corrected chi connectivity index (χ3v) is 3.99. The molecule has 0 saturated carbocycles. The first kappa shape index (κ1) is 14.2. The highest BCUT2D eigenvalue weighted by molar-refractivity contribution is 5.68. The van der Waals surface area contributed by atoms with Gasteiger partial charge in [-0.25, -0.2) is 4.79 Å². The Hall–Kier alpha value is -1.70. The van der Waals surface area contributed by atoms with Gasteiger partial charge in [-0.05, 0) is 27.2 Å². The molecule has 2 saturated heterocycles. The van der Waals surface area contributed by atoms with Crippen molar-refractivity contribution >= 4 is 6.09 Å². The number of piperazine rings is 1. The summed E-state index contributed by atoms with van der Waals surface area (Å²) in [4.78, 5) is 16.4. The highest BCUT2D eigenvalue weighted by atomic mass is 16.6. The second-order valence-electron chi connectivity index (χ2n) is 6.78. The Balaban J connectivity index is 1.60. The highest BCUT2D eigenvalue weighted by Gasteiger charge is 2.40. The van der Waals surface area contributed by atoms with Crippen LogP contribution in [0.1, 0.15) is 38.9 Å². The van der Waals surface area contributed by atoms with Gasteiger partial charge in [0.1, 0.15) is 5.60 Å². The fraction of sp³-hybridized carbons (Fsp3) is 0.846. The zero-order valence-electron chi connectivity index (χ0n) is 12.7. The minimum Gasteiger partial charge on any atom is -0.444 e. The molecule has 1 amide bonds. The number of rotatable bonds is 1. The maximum Gasteiger partial charge on any atom is 0.410 e. The van der Waals surface area contributed by atoms with Crippen molar-refractivity contribution in [3.63, 3.8) is 0 Å². The van der Waals surface area contributed by atoms with Gasteiger partial charge in [-0.1, -0.05) is 5.21 Å². The van der Waals surface area contributed by atoms with Crippen LogP contribution in [0, 0.1) is 0 Å². The van der Waals surface area contributed by atoms with Gasteiger partial charge in [-0.2, -0.15) is 5.21 Å². The Morgan fingerprint density at radius 3 is 2.81 bits per heavy atom. The summed E-state index contributed by atoms with van der Waals surface area (Å²) in [5.74, 6) is 1.07. The van der Waals surface area contributed by atoms with Gasteiger partial charge in [-0.3, -0.25) is 4.90 Å². The van der Waals surface area contributed by atoms with Crippen LogP contribution in [0.5, 0.6) is 0 Å². The number of carbonyl (C=O) groups is 1. The normalized spacial score (nSPS) is 26.7. The topological polar surface area (TPSA) is 87.2 Å². The maximum absolute atomic E-state index is 12.2. The molecule has 2 atom stereocenters. The van der Waals surface area contributed by atoms with E-state index in [1.165, 1.54) is 0 Å². The van der Waals surface area contributed by atoms with Crippen LogP contribution >= 0.6 is 0 Å². The fourth-order valence-corrected chi connectivity index (χ4v) is 3.06. The predicted octanol–water partition coefficient (Wildman–Crippen LogP) is 0.608. The Morgan fingerprint density at radius 1 is 1.33 bits per heavy atom. The molecule has 8 nitrogen and oxygen atoms in total. The first-order valence-corrected chi connectivity index (χ1v) is 7.38. The number of aromatic nitrogens is 4.